The Morgan fingerprint density at radius 3 is 2.31 bits per heavy atom. The highest BCUT2D eigenvalue weighted by Gasteiger charge is 2.19. The van der Waals surface area contributed by atoms with Crippen LogP contribution in [0.5, 0.6) is 0 Å². The summed E-state index contributed by atoms with van der Waals surface area (Å²) in [7, 11) is 1.35. The summed E-state index contributed by atoms with van der Waals surface area (Å²) in [6.07, 6.45) is 1.40. The third-order valence-electron chi connectivity index (χ3n) is 1.73. The second-order valence-corrected chi connectivity index (χ2v) is 2.53. The van der Waals surface area contributed by atoms with Crippen LogP contribution in [0.2, 0.25) is 0 Å². The molecule has 0 aromatic heterocycles. The summed E-state index contributed by atoms with van der Waals surface area (Å²) >= 11 is 0. The average molecular weight is 187 g/mol. The molecule has 5 heteroatoms. The molecule has 0 aromatic rings. The number of hydrogen-bond donors (Lipinski definition) is 1. The highest BCUT2D eigenvalue weighted by atomic mass is 16.5. The van der Waals surface area contributed by atoms with Crippen molar-refractivity contribution in [1.29, 1.82) is 0 Å². The lowest BCUT2D eigenvalue weighted by Gasteiger charge is -2.14. The van der Waals surface area contributed by atoms with Crippen molar-refractivity contribution in [3.63, 3.8) is 0 Å². The third kappa shape index (κ3) is 7.18. The van der Waals surface area contributed by atoms with Crippen LogP contribution in [0.25, 0.3) is 5.41 Å². The summed E-state index contributed by atoms with van der Waals surface area (Å²) in [4.78, 5) is 19.0. The van der Waals surface area contributed by atoms with E-state index in [2.05, 4.69) is 4.74 Å². The number of nitrogens with two attached hydrogens (primary N) is 1. The lowest BCUT2D eigenvalue weighted by Crippen LogP contribution is -2.37. The van der Waals surface area contributed by atoms with Gasteiger partial charge < -0.3 is 15.9 Å². The molecule has 2 atom stereocenters. The number of carbonyl (C=O) groups excluding carboxylic acids is 2. The Morgan fingerprint density at radius 2 is 2.08 bits per heavy atom. The lowest BCUT2D eigenvalue weighted by molar-refractivity contribution is -0.143. The fraction of sp³-hybridized carbons (Fsp3) is 0.750. The molecule has 5 nitrogen and oxygen atoms in total. The summed E-state index contributed by atoms with van der Waals surface area (Å²) in [5.41, 5.74) is 5.51. The molecular formula is C8H15N2O3-. The summed E-state index contributed by atoms with van der Waals surface area (Å²) in [5.74, 6) is -0.123. The summed E-state index contributed by atoms with van der Waals surface area (Å²) in [5, 5.41) is 6.76. The average Bonchev–Trinajstić information content (AvgIpc) is 2.15. The molecule has 0 unspecified atom stereocenters. The van der Waals surface area contributed by atoms with Gasteiger partial charge in [-0.05, 0) is 12.0 Å². The van der Waals surface area contributed by atoms with E-state index >= 15 is 0 Å². The van der Waals surface area contributed by atoms with Gasteiger partial charge in [-0.1, -0.05) is 20.3 Å². The van der Waals surface area contributed by atoms with Crippen LogP contribution in [-0.4, -0.2) is 25.2 Å². The molecule has 0 bridgehead atoms. The minimum absolute atomic E-state index is 0.201. The van der Waals surface area contributed by atoms with E-state index in [1.54, 1.807) is 0 Å². The van der Waals surface area contributed by atoms with Crippen LogP contribution in [0.1, 0.15) is 20.3 Å². The summed E-state index contributed by atoms with van der Waals surface area (Å²) in [6, 6.07) is -0.463. The van der Waals surface area contributed by atoms with Gasteiger partial charge in [0.05, 0.1) is 7.11 Å². The maximum absolute atomic E-state index is 10.8. The van der Waals surface area contributed by atoms with Crippen molar-refractivity contribution < 1.29 is 14.3 Å². The molecule has 0 saturated carbocycles. The van der Waals surface area contributed by atoms with E-state index in [-0.39, 0.29) is 11.9 Å². The molecule has 0 rings (SSSR count). The maximum Gasteiger partial charge on any atom is 0.322 e. The van der Waals surface area contributed by atoms with Crippen molar-refractivity contribution in [3.8, 4) is 0 Å². The summed E-state index contributed by atoms with van der Waals surface area (Å²) < 4.78 is 4.47. The Morgan fingerprint density at radius 1 is 1.69 bits per heavy atom. The molecular weight excluding hydrogens is 172 g/mol. The van der Waals surface area contributed by atoms with E-state index in [9.17, 15) is 4.79 Å². The van der Waals surface area contributed by atoms with Crippen LogP contribution in [-0.2, 0) is 14.3 Å². The van der Waals surface area contributed by atoms with Gasteiger partial charge in [-0.3, -0.25) is 9.59 Å². The zero-order valence-corrected chi connectivity index (χ0v) is 8.11. The predicted molar refractivity (Wildman–Crippen MR) is 48.5 cm³/mol. The SMILES string of the molecule is CC[C@H](C)[C@H](N)C(=O)OC.[N-]=C=O. The second-order valence-electron chi connectivity index (χ2n) is 2.53. The standard InChI is InChI=1S/C7H15NO2.CNO/c1-4-5(2)6(8)7(9)10-3;2-1-3/h5-6H,4,8H2,1-3H3;/q;-1/t5-,6-;/m0./s1. The van der Waals surface area contributed by atoms with Crippen molar-refractivity contribution in [2.24, 2.45) is 11.7 Å². The van der Waals surface area contributed by atoms with Crippen molar-refractivity contribution in [1.82, 2.24) is 0 Å². The third-order valence-corrected chi connectivity index (χ3v) is 1.73. The van der Waals surface area contributed by atoms with Gasteiger partial charge in [0.15, 0.2) is 0 Å². The van der Waals surface area contributed by atoms with Crippen molar-refractivity contribution in [3.05, 3.63) is 5.41 Å². The summed E-state index contributed by atoms with van der Waals surface area (Å²) in [6.45, 7) is 3.93. The van der Waals surface area contributed by atoms with E-state index in [0.717, 1.165) is 6.42 Å². The fourth-order valence-electron chi connectivity index (χ4n) is 0.622. The van der Waals surface area contributed by atoms with Crippen molar-refractivity contribution >= 4 is 12.0 Å². The molecule has 2 N–H and O–H groups in total. The van der Waals surface area contributed by atoms with Crippen molar-refractivity contribution in [2.45, 2.75) is 26.3 Å². The van der Waals surface area contributed by atoms with Gasteiger partial charge in [-0.25, -0.2) is 0 Å². The first-order valence-electron chi connectivity index (χ1n) is 3.89. The van der Waals surface area contributed by atoms with Crippen LogP contribution in [0, 0.1) is 5.92 Å². The van der Waals surface area contributed by atoms with Crippen LogP contribution in [0.3, 0.4) is 0 Å². The molecule has 0 aliphatic heterocycles. The minimum Gasteiger partial charge on any atom is -0.724 e. The Bertz CT molecular complexity index is 176. The molecule has 76 valence electrons. The first kappa shape index (κ1) is 14.3. The van der Waals surface area contributed by atoms with E-state index in [1.165, 1.54) is 7.11 Å². The molecule has 0 heterocycles. The number of carbonyl (C=O) groups is 1. The van der Waals surface area contributed by atoms with Crippen LogP contribution in [0.4, 0.5) is 0 Å². The molecule has 0 aliphatic carbocycles. The lowest BCUT2D eigenvalue weighted by atomic mass is 10.0. The smallest absolute Gasteiger partial charge is 0.322 e. The monoisotopic (exact) mass is 187 g/mol. The molecule has 0 amide bonds. The minimum atomic E-state index is -0.463. The molecule has 0 spiro atoms. The van der Waals surface area contributed by atoms with Crippen LogP contribution < -0.4 is 5.73 Å². The molecule has 0 radical (unpaired) electrons. The first-order chi connectivity index (χ1) is 6.04. The van der Waals surface area contributed by atoms with E-state index in [0.29, 0.717) is 6.08 Å². The first-order valence-corrected chi connectivity index (χ1v) is 3.89. The molecule has 13 heavy (non-hydrogen) atoms. The molecule has 0 aromatic carbocycles. The Labute approximate surface area is 77.8 Å². The number of nitrogens with zero attached hydrogens (tertiary/aromatic N) is 1. The van der Waals surface area contributed by atoms with Gasteiger partial charge in [-0.2, -0.15) is 0 Å². The van der Waals surface area contributed by atoms with Crippen molar-refractivity contribution in [2.75, 3.05) is 7.11 Å². The van der Waals surface area contributed by atoms with Gasteiger partial charge in [-0.15, -0.1) is 0 Å². The normalized spacial score (nSPS) is 12.9. The number of ether oxygens (including phenoxy) is 1. The molecule has 0 fully saturated rings. The largest absolute Gasteiger partial charge is 0.724 e. The number of isocyanates is 1. The fourth-order valence-corrected chi connectivity index (χ4v) is 0.622. The van der Waals surface area contributed by atoms with Gasteiger partial charge >= 0.3 is 5.97 Å². The van der Waals surface area contributed by atoms with E-state index in [4.69, 9.17) is 15.9 Å². The van der Waals surface area contributed by atoms with Gasteiger partial charge in [0.1, 0.15) is 6.04 Å². The van der Waals surface area contributed by atoms with Gasteiger partial charge in [0.2, 0.25) is 0 Å². The highest BCUT2D eigenvalue weighted by molar-refractivity contribution is 5.75. The van der Waals surface area contributed by atoms with Gasteiger partial charge in [0, 0.05) is 0 Å². The topological polar surface area (TPSA) is 91.7 Å². The van der Waals surface area contributed by atoms with E-state index in [1.807, 2.05) is 13.8 Å². The highest BCUT2D eigenvalue weighted by Crippen LogP contribution is 2.05. The molecule has 0 aliphatic rings. The van der Waals surface area contributed by atoms with Crippen LogP contribution >= 0.6 is 0 Å². The zero-order valence-electron chi connectivity index (χ0n) is 8.11. The number of esters is 1. The Kier molecular flexibility index (Phi) is 9.82. The second kappa shape index (κ2) is 8.90. The molecule has 0 saturated heterocycles. The Hall–Kier alpha value is -1.19. The zero-order chi connectivity index (χ0) is 10.9. The van der Waals surface area contributed by atoms with E-state index < -0.39 is 6.04 Å². The van der Waals surface area contributed by atoms with Gasteiger partial charge in [0.25, 0.3) is 0 Å². The number of methoxy groups -OCH3 is 1. The van der Waals surface area contributed by atoms with Crippen LogP contribution in [0.15, 0.2) is 0 Å². The number of hydrogen-bond acceptors (Lipinski definition) is 4. The Balaban J connectivity index is 0. The number of rotatable bonds is 3. The quantitative estimate of drug-likeness (QED) is 0.394. The maximum atomic E-state index is 10.8. The predicted octanol–water partition coefficient (Wildman–Crippen LogP) is 0.424.